The zero-order valence-corrected chi connectivity index (χ0v) is 7.40. The molecule has 0 N–H and O–H groups in total. The molecule has 13 heavy (non-hydrogen) atoms. The lowest BCUT2D eigenvalue weighted by molar-refractivity contribution is 0.565. The zero-order valence-electron chi connectivity index (χ0n) is 7.40. The monoisotopic (exact) mass is 171 g/mol. The molecule has 65 valence electrons. The molecule has 2 nitrogen and oxygen atoms in total. The highest BCUT2D eigenvalue weighted by molar-refractivity contribution is 5.76. The molecule has 1 fully saturated rings. The average molecular weight is 171 g/mol. The summed E-state index contributed by atoms with van der Waals surface area (Å²) in [4.78, 5) is 0. The molecule has 3 rings (SSSR count). The zero-order chi connectivity index (χ0) is 8.67. The van der Waals surface area contributed by atoms with Crippen molar-refractivity contribution in [2.75, 3.05) is 0 Å². The van der Waals surface area contributed by atoms with Crippen molar-refractivity contribution in [2.24, 2.45) is 5.92 Å². The van der Waals surface area contributed by atoms with Crippen LogP contribution in [-0.2, 0) is 6.54 Å². The van der Waals surface area contributed by atoms with Crippen LogP contribution in [0.3, 0.4) is 0 Å². The van der Waals surface area contributed by atoms with Gasteiger partial charge >= 0.3 is 0 Å². The molecular formula is C11H11N2. The second kappa shape index (κ2) is 2.59. The molecule has 1 aliphatic carbocycles. The van der Waals surface area contributed by atoms with E-state index in [0.29, 0.717) is 0 Å². The van der Waals surface area contributed by atoms with E-state index in [0.717, 1.165) is 23.4 Å². The Morgan fingerprint density at radius 1 is 1.38 bits per heavy atom. The van der Waals surface area contributed by atoms with Gasteiger partial charge in [-0.1, -0.05) is 18.2 Å². The highest BCUT2D eigenvalue weighted by Gasteiger charge is 2.22. The molecule has 0 aliphatic heterocycles. The van der Waals surface area contributed by atoms with Gasteiger partial charge in [-0.25, -0.2) is 0 Å². The molecule has 2 aromatic rings. The highest BCUT2D eigenvalue weighted by Crippen LogP contribution is 2.30. The summed E-state index contributed by atoms with van der Waals surface area (Å²) in [6.07, 6.45) is 6.00. The Bertz CT molecular complexity index is 393. The topological polar surface area (TPSA) is 17.8 Å². The van der Waals surface area contributed by atoms with E-state index in [1.165, 1.54) is 12.8 Å². The smallest absolute Gasteiger partial charge is 0.0948 e. The number of rotatable bonds is 2. The molecule has 1 aliphatic rings. The van der Waals surface area contributed by atoms with Gasteiger partial charge in [0.2, 0.25) is 0 Å². The van der Waals surface area contributed by atoms with E-state index < -0.39 is 0 Å². The molecule has 0 spiro atoms. The summed E-state index contributed by atoms with van der Waals surface area (Å²) in [5.74, 6) is 0.866. The number of benzene rings is 1. The van der Waals surface area contributed by atoms with E-state index >= 15 is 0 Å². The molecule has 0 atom stereocenters. The first-order chi connectivity index (χ1) is 6.42. The molecule has 0 amide bonds. The molecule has 1 radical (unpaired) electrons. The van der Waals surface area contributed by atoms with Gasteiger partial charge in [0.1, 0.15) is 0 Å². The van der Waals surface area contributed by atoms with Gasteiger partial charge in [-0.15, -0.1) is 0 Å². The Morgan fingerprint density at radius 3 is 3.00 bits per heavy atom. The Hall–Kier alpha value is -1.31. The van der Waals surface area contributed by atoms with Gasteiger partial charge in [-0.05, 0) is 24.8 Å². The largest absolute Gasteiger partial charge is 0.262 e. The van der Waals surface area contributed by atoms with Crippen LogP contribution in [0.25, 0.3) is 10.9 Å². The first-order valence-corrected chi connectivity index (χ1v) is 4.77. The van der Waals surface area contributed by atoms with Gasteiger partial charge in [0, 0.05) is 11.9 Å². The van der Waals surface area contributed by atoms with Crippen molar-refractivity contribution < 1.29 is 0 Å². The minimum atomic E-state index is 0.866. The number of fused-ring (bicyclic) bond motifs is 1. The lowest BCUT2D eigenvalue weighted by atomic mass is 10.3. The summed E-state index contributed by atoms with van der Waals surface area (Å²) in [7, 11) is 0. The molecule has 1 aromatic carbocycles. The summed E-state index contributed by atoms with van der Waals surface area (Å²) in [5.41, 5.74) is 1.06. The molecular weight excluding hydrogens is 160 g/mol. The van der Waals surface area contributed by atoms with Crippen molar-refractivity contribution in [1.29, 1.82) is 0 Å². The van der Waals surface area contributed by atoms with Gasteiger partial charge in [0.25, 0.3) is 0 Å². The molecule has 2 heteroatoms. The Morgan fingerprint density at radius 2 is 2.23 bits per heavy atom. The average Bonchev–Trinajstić information content (AvgIpc) is 2.85. The molecule has 1 saturated carbocycles. The first-order valence-electron chi connectivity index (χ1n) is 4.77. The minimum absolute atomic E-state index is 0.866. The van der Waals surface area contributed by atoms with Crippen molar-refractivity contribution in [3.63, 3.8) is 0 Å². The number of hydrogen-bond acceptors (Lipinski definition) is 1. The predicted octanol–water partition coefficient (Wildman–Crippen LogP) is 2.25. The maximum absolute atomic E-state index is 4.45. The van der Waals surface area contributed by atoms with Crippen LogP contribution in [0.5, 0.6) is 0 Å². The van der Waals surface area contributed by atoms with E-state index in [1.807, 2.05) is 22.9 Å². The summed E-state index contributed by atoms with van der Waals surface area (Å²) < 4.78 is 1.96. The van der Waals surface area contributed by atoms with Crippen molar-refractivity contribution in [3.05, 3.63) is 30.5 Å². The Balaban J connectivity index is 2.00. The molecule has 0 bridgehead atoms. The van der Waals surface area contributed by atoms with Crippen LogP contribution in [-0.4, -0.2) is 9.78 Å². The first kappa shape index (κ1) is 7.13. The molecule has 1 aromatic heterocycles. The fraction of sp³-hybridized carbons (Fsp3) is 0.364. The van der Waals surface area contributed by atoms with Crippen LogP contribution >= 0.6 is 0 Å². The van der Waals surface area contributed by atoms with Crippen LogP contribution in [0.15, 0.2) is 24.3 Å². The fourth-order valence-corrected chi connectivity index (χ4v) is 1.58. The van der Waals surface area contributed by atoms with Crippen LogP contribution in [0.1, 0.15) is 12.8 Å². The van der Waals surface area contributed by atoms with Gasteiger partial charge in [0.05, 0.1) is 11.7 Å². The van der Waals surface area contributed by atoms with Crippen molar-refractivity contribution in [1.82, 2.24) is 9.78 Å². The van der Waals surface area contributed by atoms with Gasteiger partial charge < -0.3 is 0 Å². The van der Waals surface area contributed by atoms with Crippen LogP contribution in [0.4, 0.5) is 0 Å². The number of aromatic nitrogens is 2. The van der Waals surface area contributed by atoms with E-state index in [4.69, 9.17) is 0 Å². The molecule has 0 saturated heterocycles. The quantitative estimate of drug-likeness (QED) is 0.677. The Labute approximate surface area is 77.2 Å². The van der Waals surface area contributed by atoms with Crippen molar-refractivity contribution in [2.45, 2.75) is 19.4 Å². The fourth-order valence-electron chi connectivity index (χ4n) is 1.58. The van der Waals surface area contributed by atoms with Crippen LogP contribution in [0, 0.1) is 12.1 Å². The number of hydrogen-bond donors (Lipinski definition) is 0. The number of nitrogens with zero attached hydrogens (tertiary/aromatic N) is 2. The van der Waals surface area contributed by atoms with Gasteiger partial charge in [0.15, 0.2) is 0 Å². The van der Waals surface area contributed by atoms with Crippen molar-refractivity contribution >= 4 is 10.9 Å². The maximum atomic E-state index is 4.45. The second-order valence-electron chi connectivity index (χ2n) is 3.75. The summed E-state index contributed by atoms with van der Waals surface area (Å²) >= 11 is 0. The van der Waals surface area contributed by atoms with Gasteiger partial charge in [-0.3, -0.25) is 4.68 Å². The van der Waals surface area contributed by atoms with E-state index in [9.17, 15) is 0 Å². The van der Waals surface area contributed by atoms with E-state index in [-0.39, 0.29) is 0 Å². The summed E-state index contributed by atoms with van der Waals surface area (Å²) in [6, 6.07) is 8.15. The minimum Gasteiger partial charge on any atom is -0.262 e. The third-order valence-corrected chi connectivity index (χ3v) is 2.51. The van der Waals surface area contributed by atoms with Crippen molar-refractivity contribution in [3.8, 4) is 0 Å². The standard InChI is InChI=1S/C11H11N2/c1-2-4-11-10(3-1)8-13(12-11)7-9-5-6-9/h1-4,9H,5-7H2. The van der Waals surface area contributed by atoms with E-state index in [1.54, 1.807) is 0 Å². The molecule has 1 heterocycles. The maximum Gasteiger partial charge on any atom is 0.0948 e. The van der Waals surface area contributed by atoms with Crippen LogP contribution in [0.2, 0.25) is 0 Å². The van der Waals surface area contributed by atoms with Gasteiger partial charge in [-0.2, -0.15) is 5.10 Å². The second-order valence-corrected chi connectivity index (χ2v) is 3.75. The third-order valence-electron chi connectivity index (χ3n) is 2.51. The lowest BCUT2D eigenvalue weighted by Gasteiger charge is -1.94. The normalized spacial score (nSPS) is 16.6. The van der Waals surface area contributed by atoms with Crippen LogP contribution < -0.4 is 0 Å². The predicted molar refractivity (Wildman–Crippen MR) is 51.3 cm³/mol. The highest BCUT2D eigenvalue weighted by atomic mass is 15.3. The SMILES string of the molecule is [c]1c2ccccc2nn1CC1CC1. The summed E-state index contributed by atoms with van der Waals surface area (Å²) in [6.45, 7) is 1.05. The lowest BCUT2D eigenvalue weighted by Crippen LogP contribution is -1.99. The molecule has 0 unspecified atom stereocenters. The Kier molecular flexibility index (Phi) is 1.42. The van der Waals surface area contributed by atoms with E-state index in [2.05, 4.69) is 17.4 Å². The third kappa shape index (κ3) is 1.32. The summed E-state index contributed by atoms with van der Waals surface area (Å²) in [5, 5.41) is 5.58.